The number of pyridine rings is 1. The van der Waals surface area contributed by atoms with E-state index < -0.39 is 0 Å². The fraction of sp³-hybridized carbons (Fsp3) is 0.429. The highest BCUT2D eigenvalue weighted by molar-refractivity contribution is 5.76. The van der Waals surface area contributed by atoms with Gasteiger partial charge in [0.15, 0.2) is 0 Å². The van der Waals surface area contributed by atoms with Gasteiger partial charge in [-0.1, -0.05) is 6.08 Å². The first kappa shape index (κ1) is 18.4. The van der Waals surface area contributed by atoms with Crippen molar-refractivity contribution in [2.24, 2.45) is 0 Å². The minimum atomic E-state index is 0.0771. The number of nitrogens with zero attached hydrogens (tertiary/aromatic N) is 5. The molecule has 0 N–H and O–H groups in total. The number of hydrogen-bond donors (Lipinski definition) is 0. The van der Waals surface area contributed by atoms with Gasteiger partial charge in [-0.2, -0.15) is 0 Å². The maximum Gasteiger partial charge on any atom is 0.240 e. The predicted octanol–water partition coefficient (Wildman–Crippen LogP) is 2.39. The van der Waals surface area contributed by atoms with Crippen molar-refractivity contribution < 1.29 is 9.53 Å². The third kappa shape index (κ3) is 3.69. The normalized spacial score (nSPS) is 17.2. The Morgan fingerprint density at radius 2 is 1.96 bits per heavy atom. The third-order valence-electron chi connectivity index (χ3n) is 5.29. The Morgan fingerprint density at radius 1 is 1.18 bits per heavy atom. The molecule has 2 aliphatic heterocycles. The van der Waals surface area contributed by atoms with Gasteiger partial charge in [0.05, 0.1) is 24.5 Å². The van der Waals surface area contributed by atoms with Crippen molar-refractivity contribution in [3.05, 3.63) is 47.7 Å². The number of hydrogen-bond acceptors (Lipinski definition) is 6. The summed E-state index contributed by atoms with van der Waals surface area (Å²) in [5.74, 6) is 0.676. The minimum absolute atomic E-state index is 0.0771. The van der Waals surface area contributed by atoms with E-state index in [4.69, 9.17) is 4.74 Å². The molecule has 2 aromatic heterocycles. The van der Waals surface area contributed by atoms with E-state index in [9.17, 15) is 4.79 Å². The number of rotatable bonds is 4. The zero-order chi connectivity index (χ0) is 19.7. The van der Waals surface area contributed by atoms with Crippen molar-refractivity contribution in [3.8, 4) is 5.88 Å². The molecular formula is C21H25N5O2. The van der Waals surface area contributed by atoms with E-state index in [0.717, 1.165) is 42.0 Å². The number of aromatic nitrogens is 3. The Labute approximate surface area is 165 Å². The lowest BCUT2D eigenvalue weighted by Crippen LogP contribution is -2.54. The van der Waals surface area contributed by atoms with Crippen LogP contribution >= 0.6 is 0 Å². The number of carbonyl (C=O) groups is 1. The SMILES string of the molecule is CC(=O)N1CC=C(c2nccnc2OC2CN(c3cc(C)cnc3C)C2)CC1. The Hall–Kier alpha value is -2.96. The van der Waals surface area contributed by atoms with E-state index >= 15 is 0 Å². The maximum atomic E-state index is 11.5. The summed E-state index contributed by atoms with van der Waals surface area (Å²) in [6, 6.07) is 2.17. The summed E-state index contributed by atoms with van der Waals surface area (Å²) in [5.41, 5.74) is 5.24. The highest BCUT2D eigenvalue weighted by atomic mass is 16.5. The standard InChI is InChI=1S/C21H25N5O2/c1-14-10-19(15(2)24-11-14)26-12-18(13-26)28-21-20(22-6-7-23-21)17-4-8-25(9-5-17)16(3)27/h4,6-7,10-11,18H,5,8-9,12-13H2,1-3H3. The minimum Gasteiger partial charge on any atom is -0.469 e. The largest absolute Gasteiger partial charge is 0.469 e. The van der Waals surface area contributed by atoms with Gasteiger partial charge in [0.25, 0.3) is 0 Å². The van der Waals surface area contributed by atoms with E-state index in [1.165, 1.54) is 5.69 Å². The molecule has 0 spiro atoms. The van der Waals surface area contributed by atoms with Gasteiger partial charge in [-0.15, -0.1) is 0 Å². The van der Waals surface area contributed by atoms with Crippen LogP contribution in [0.1, 0.15) is 30.3 Å². The highest BCUT2D eigenvalue weighted by Gasteiger charge is 2.31. The molecule has 4 rings (SSSR count). The average molecular weight is 379 g/mol. The molecule has 28 heavy (non-hydrogen) atoms. The van der Waals surface area contributed by atoms with Crippen LogP contribution in [0.2, 0.25) is 0 Å². The highest BCUT2D eigenvalue weighted by Crippen LogP contribution is 2.30. The predicted molar refractivity (Wildman–Crippen MR) is 107 cm³/mol. The van der Waals surface area contributed by atoms with Crippen LogP contribution in [-0.2, 0) is 4.79 Å². The zero-order valence-electron chi connectivity index (χ0n) is 16.6. The molecule has 7 heteroatoms. The third-order valence-corrected chi connectivity index (χ3v) is 5.29. The van der Waals surface area contributed by atoms with E-state index in [2.05, 4.69) is 38.9 Å². The van der Waals surface area contributed by atoms with Crippen molar-refractivity contribution in [2.45, 2.75) is 33.3 Å². The first-order chi connectivity index (χ1) is 13.5. The lowest BCUT2D eigenvalue weighted by molar-refractivity contribution is -0.128. The van der Waals surface area contributed by atoms with E-state index in [1.807, 2.05) is 18.0 Å². The Morgan fingerprint density at radius 3 is 2.68 bits per heavy atom. The molecule has 0 aromatic carbocycles. The molecule has 0 unspecified atom stereocenters. The van der Waals surface area contributed by atoms with Crippen LogP contribution in [-0.4, -0.2) is 58.0 Å². The maximum absolute atomic E-state index is 11.5. The van der Waals surface area contributed by atoms with Gasteiger partial charge in [0.2, 0.25) is 11.8 Å². The fourth-order valence-electron chi connectivity index (χ4n) is 3.61. The van der Waals surface area contributed by atoms with Gasteiger partial charge in [-0.05, 0) is 37.5 Å². The van der Waals surface area contributed by atoms with Gasteiger partial charge in [0, 0.05) is 38.6 Å². The summed E-state index contributed by atoms with van der Waals surface area (Å²) in [6.45, 7) is 8.61. The second kappa shape index (κ2) is 7.58. The lowest BCUT2D eigenvalue weighted by atomic mass is 10.0. The summed E-state index contributed by atoms with van der Waals surface area (Å²) in [5, 5.41) is 0. The van der Waals surface area contributed by atoms with Gasteiger partial charge in [0.1, 0.15) is 11.8 Å². The van der Waals surface area contributed by atoms with Crippen molar-refractivity contribution in [3.63, 3.8) is 0 Å². The fourth-order valence-corrected chi connectivity index (χ4v) is 3.61. The number of carbonyl (C=O) groups excluding carboxylic acids is 1. The van der Waals surface area contributed by atoms with Crippen LogP contribution in [0.3, 0.4) is 0 Å². The molecule has 0 aliphatic carbocycles. The summed E-state index contributed by atoms with van der Waals surface area (Å²) in [4.78, 5) is 29.0. The Bertz CT molecular complexity index is 921. The molecule has 0 atom stereocenters. The molecule has 1 amide bonds. The van der Waals surface area contributed by atoms with Crippen LogP contribution in [0.25, 0.3) is 5.57 Å². The van der Waals surface area contributed by atoms with Crippen LogP contribution in [0.15, 0.2) is 30.7 Å². The average Bonchev–Trinajstić information content (AvgIpc) is 2.67. The summed E-state index contributed by atoms with van der Waals surface area (Å²) >= 11 is 0. The second-order valence-electron chi connectivity index (χ2n) is 7.42. The molecule has 2 aliphatic rings. The van der Waals surface area contributed by atoms with E-state index in [0.29, 0.717) is 19.0 Å². The van der Waals surface area contributed by atoms with Crippen LogP contribution in [0.4, 0.5) is 5.69 Å². The first-order valence-corrected chi connectivity index (χ1v) is 9.62. The molecule has 2 aromatic rings. The number of aryl methyl sites for hydroxylation is 2. The van der Waals surface area contributed by atoms with Crippen molar-refractivity contribution >= 4 is 17.2 Å². The molecule has 7 nitrogen and oxygen atoms in total. The zero-order valence-corrected chi connectivity index (χ0v) is 16.6. The van der Waals surface area contributed by atoms with Crippen LogP contribution in [0, 0.1) is 13.8 Å². The number of amides is 1. The smallest absolute Gasteiger partial charge is 0.240 e. The van der Waals surface area contributed by atoms with E-state index in [-0.39, 0.29) is 12.0 Å². The van der Waals surface area contributed by atoms with Crippen LogP contribution < -0.4 is 9.64 Å². The molecule has 146 valence electrons. The molecule has 4 heterocycles. The van der Waals surface area contributed by atoms with Crippen LogP contribution in [0.5, 0.6) is 5.88 Å². The van der Waals surface area contributed by atoms with Gasteiger partial charge in [-0.25, -0.2) is 9.97 Å². The lowest BCUT2D eigenvalue weighted by Gasteiger charge is -2.41. The molecular weight excluding hydrogens is 354 g/mol. The van der Waals surface area contributed by atoms with Gasteiger partial charge in [-0.3, -0.25) is 9.78 Å². The van der Waals surface area contributed by atoms with Crippen molar-refractivity contribution in [2.75, 3.05) is 31.1 Å². The molecule has 0 saturated carbocycles. The Balaban J connectivity index is 1.43. The van der Waals surface area contributed by atoms with E-state index in [1.54, 1.807) is 19.3 Å². The summed E-state index contributed by atoms with van der Waals surface area (Å²) < 4.78 is 6.17. The Kier molecular flexibility index (Phi) is 4.98. The topological polar surface area (TPSA) is 71.5 Å². The van der Waals surface area contributed by atoms with Gasteiger partial charge < -0.3 is 14.5 Å². The van der Waals surface area contributed by atoms with Gasteiger partial charge >= 0.3 is 0 Å². The van der Waals surface area contributed by atoms with Crippen molar-refractivity contribution in [1.29, 1.82) is 0 Å². The summed E-state index contributed by atoms with van der Waals surface area (Å²) in [6.07, 6.45) is 8.14. The molecule has 1 fully saturated rings. The quantitative estimate of drug-likeness (QED) is 0.812. The number of ether oxygens (including phenoxy) is 1. The second-order valence-corrected chi connectivity index (χ2v) is 7.42. The first-order valence-electron chi connectivity index (χ1n) is 9.62. The molecule has 0 bridgehead atoms. The number of anilines is 1. The monoisotopic (exact) mass is 379 g/mol. The molecule has 0 radical (unpaired) electrons. The summed E-state index contributed by atoms with van der Waals surface area (Å²) in [7, 11) is 0. The molecule has 1 saturated heterocycles. The van der Waals surface area contributed by atoms with Crippen molar-refractivity contribution in [1.82, 2.24) is 19.9 Å².